The number of ether oxygens (including phenoxy) is 1. The second-order valence-corrected chi connectivity index (χ2v) is 5.78. The highest BCUT2D eigenvalue weighted by Gasteiger charge is 2.18. The molecule has 26 heavy (non-hydrogen) atoms. The highest BCUT2D eigenvalue weighted by molar-refractivity contribution is 5.94. The maximum Gasteiger partial charge on any atom is 0.254 e. The summed E-state index contributed by atoms with van der Waals surface area (Å²) in [4.78, 5) is 16.5. The Labute approximate surface area is 150 Å². The SMILES string of the molecule is COc1ccc(C(=O)NCC(C)c2nc(-c3ccccc3)no2)c(F)c1. The molecule has 1 heterocycles. The number of aromatic nitrogens is 2. The van der Waals surface area contributed by atoms with E-state index in [1.54, 1.807) is 0 Å². The number of hydrogen-bond acceptors (Lipinski definition) is 5. The summed E-state index contributed by atoms with van der Waals surface area (Å²) in [5.41, 5.74) is 0.799. The van der Waals surface area contributed by atoms with E-state index in [1.807, 2.05) is 37.3 Å². The fraction of sp³-hybridized carbons (Fsp3) is 0.211. The Balaban J connectivity index is 1.63. The monoisotopic (exact) mass is 355 g/mol. The van der Waals surface area contributed by atoms with Gasteiger partial charge in [-0.05, 0) is 12.1 Å². The molecular weight excluding hydrogens is 337 g/mol. The third-order valence-electron chi connectivity index (χ3n) is 3.88. The van der Waals surface area contributed by atoms with Crippen molar-refractivity contribution in [3.05, 3.63) is 65.8 Å². The summed E-state index contributed by atoms with van der Waals surface area (Å²) >= 11 is 0. The zero-order valence-electron chi connectivity index (χ0n) is 14.4. The molecule has 1 atom stereocenters. The Hall–Kier alpha value is -3.22. The van der Waals surface area contributed by atoms with E-state index in [1.165, 1.54) is 25.3 Å². The number of rotatable bonds is 6. The standard InChI is InChI=1S/C19H18FN3O3/c1-12(19-22-17(23-26-19)13-6-4-3-5-7-13)11-21-18(24)15-9-8-14(25-2)10-16(15)20/h3-10,12H,11H2,1-2H3,(H,21,24). The first-order valence-corrected chi connectivity index (χ1v) is 8.09. The molecule has 0 spiro atoms. The van der Waals surface area contributed by atoms with Crippen molar-refractivity contribution in [3.63, 3.8) is 0 Å². The number of amides is 1. The van der Waals surface area contributed by atoms with E-state index in [9.17, 15) is 9.18 Å². The molecule has 7 heteroatoms. The van der Waals surface area contributed by atoms with Crippen LogP contribution in [-0.4, -0.2) is 29.7 Å². The molecule has 1 aromatic heterocycles. The van der Waals surface area contributed by atoms with E-state index in [0.29, 0.717) is 17.5 Å². The molecule has 0 fully saturated rings. The van der Waals surface area contributed by atoms with Crippen molar-refractivity contribution in [1.29, 1.82) is 0 Å². The maximum atomic E-state index is 13.9. The zero-order chi connectivity index (χ0) is 18.5. The minimum Gasteiger partial charge on any atom is -0.497 e. The first kappa shape index (κ1) is 17.6. The lowest BCUT2D eigenvalue weighted by Crippen LogP contribution is -2.28. The van der Waals surface area contributed by atoms with Crippen LogP contribution in [0.25, 0.3) is 11.4 Å². The highest BCUT2D eigenvalue weighted by Crippen LogP contribution is 2.20. The van der Waals surface area contributed by atoms with Crippen LogP contribution in [0.2, 0.25) is 0 Å². The van der Waals surface area contributed by atoms with Crippen LogP contribution in [0.4, 0.5) is 4.39 Å². The molecule has 0 aliphatic carbocycles. The summed E-state index contributed by atoms with van der Waals surface area (Å²) in [6, 6.07) is 13.5. The highest BCUT2D eigenvalue weighted by atomic mass is 19.1. The number of nitrogens with one attached hydrogen (secondary N) is 1. The Morgan fingerprint density at radius 3 is 2.73 bits per heavy atom. The molecule has 0 saturated heterocycles. The van der Waals surface area contributed by atoms with Gasteiger partial charge in [-0.3, -0.25) is 4.79 Å². The number of nitrogens with zero attached hydrogens (tertiary/aromatic N) is 2. The number of methoxy groups -OCH3 is 1. The summed E-state index contributed by atoms with van der Waals surface area (Å²) in [5.74, 6) is -0.130. The van der Waals surface area contributed by atoms with Gasteiger partial charge in [0.2, 0.25) is 11.7 Å². The van der Waals surface area contributed by atoms with Crippen molar-refractivity contribution in [2.45, 2.75) is 12.8 Å². The number of carbonyl (C=O) groups excluding carboxylic acids is 1. The summed E-state index contributed by atoms with van der Waals surface area (Å²) in [5, 5.41) is 6.63. The van der Waals surface area contributed by atoms with Gasteiger partial charge in [0.1, 0.15) is 11.6 Å². The Morgan fingerprint density at radius 1 is 1.27 bits per heavy atom. The lowest BCUT2D eigenvalue weighted by Gasteiger charge is -2.10. The van der Waals surface area contributed by atoms with Crippen molar-refractivity contribution in [2.24, 2.45) is 0 Å². The topological polar surface area (TPSA) is 77.2 Å². The molecule has 134 valence electrons. The predicted molar refractivity (Wildman–Crippen MR) is 93.4 cm³/mol. The van der Waals surface area contributed by atoms with E-state index in [-0.39, 0.29) is 18.0 Å². The minimum atomic E-state index is -0.640. The number of halogens is 1. The molecule has 0 aliphatic heterocycles. The number of carbonyl (C=O) groups is 1. The maximum absolute atomic E-state index is 13.9. The normalized spacial score (nSPS) is 11.8. The smallest absolute Gasteiger partial charge is 0.254 e. The average molecular weight is 355 g/mol. The van der Waals surface area contributed by atoms with E-state index in [2.05, 4.69) is 15.5 Å². The molecule has 0 aliphatic rings. The second kappa shape index (κ2) is 7.77. The Bertz CT molecular complexity index is 896. The molecular formula is C19H18FN3O3. The first-order valence-electron chi connectivity index (χ1n) is 8.09. The molecule has 1 N–H and O–H groups in total. The summed E-state index contributed by atoms with van der Waals surface area (Å²) in [7, 11) is 1.43. The van der Waals surface area contributed by atoms with E-state index in [4.69, 9.17) is 9.26 Å². The van der Waals surface area contributed by atoms with Crippen LogP contribution in [-0.2, 0) is 0 Å². The van der Waals surface area contributed by atoms with Crippen LogP contribution < -0.4 is 10.1 Å². The van der Waals surface area contributed by atoms with Crippen molar-refractivity contribution >= 4 is 5.91 Å². The third kappa shape index (κ3) is 3.88. The lowest BCUT2D eigenvalue weighted by atomic mass is 10.1. The van der Waals surface area contributed by atoms with Gasteiger partial charge in [0.15, 0.2) is 0 Å². The van der Waals surface area contributed by atoms with Gasteiger partial charge in [-0.25, -0.2) is 4.39 Å². The average Bonchev–Trinajstić information content (AvgIpc) is 3.16. The molecule has 1 amide bonds. The van der Waals surface area contributed by atoms with E-state index < -0.39 is 11.7 Å². The van der Waals surface area contributed by atoms with Crippen molar-refractivity contribution in [2.75, 3.05) is 13.7 Å². The largest absolute Gasteiger partial charge is 0.497 e. The lowest BCUT2D eigenvalue weighted by molar-refractivity contribution is 0.0946. The van der Waals surface area contributed by atoms with Crippen LogP contribution in [0.5, 0.6) is 5.75 Å². The molecule has 0 saturated carbocycles. The molecule has 1 unspecified atom stereocenters. The van der Waals surface area contributed by atoms with E-state index >= 15 is 0 Å². The van der Waals surface area contributed by atoms with Crippen LogP contribution >= 0.6 is 0 Å². The third-order valence-corrected chi connectivity index (χ3v) is 3.88. The van der Waals surface area contributed by atoms with Crippen LogP contribution in [0.1, 0.15) is 29.1 Å². The summed E-state index contributed by atoms with van der Waals surface area (Å²) < 4.78 is 24.1. The van der Waals surface area contributed by atoms with Crippen LogP contribution in [0, 0.1) is 5.82 Å². The molecule has 2 aromatic carbocycles. The Morgan fingerprint density at radius 2 is 2.04 bits per heavy atom. The first-order chi connectivity index (χ1) is 12.6. The van der Waals surface area contributed by atoms with Crippen molar-refractivity contribution in [1.82, 2.24) is 15.5 Å². The van der Waals surface area contributed by atoms with Gasteiger partial charge in [0.05, 0.1) is 18.6 Å². The van der Waals surface area contributed by atoms with Gasteiger partial charge in [-0.2, -0.15) is 4.98 Å². The van der Waals surface area contributed by atoms with Gasteiger partial charge in [0.25, 0.3) is 5.91 Å². The number of benzene rings is 2. The second-order valence-electron chi connectivity index (χ2n) is 5.78. The minimum absolute atomic E-state index is 0.0477. The Kier molecular flexibility index (Phi) is 5.26. The summed E-state index contributed by atoms with van der Waals surface area (Å²) in [6.45, 7) is 2.08. The van der Waals surface area contributed by atoms with Gasteiger partial charge in [-0.1, -0.05) is 42.4 Å². The van der Waals surface area contributed by atoms with Crippen molar-refractivity contribution in [3.8, 4) is 17.1 Å². The zero-order valence-corrected chi connectivity index (χ0v) is 14.4. The number of hydrogen-bond donors (Lipinski definition) is 1. The predicted octanol–water partition coefficient (Wildman–Crippen LogP) is 3.42. The quantitative estimate of drug-likeness (QED) is 0.733. The van der Waals surface area contributed by atoms with Gasteiger partial charge >= 0.3 is 0 Å². The molecule has 6 nitrogen and oxygen atoms in total. The van der Waals surface area contributed by atoms with Gasteiger partial charge < -0.3 is 14.6 Å². The molecule has 3 aromatic rings. The molecule has 3 rings (SSSR count). The fourth-order valence-corrected chi connectivity index (χ4v) is 2.38. The molecule has 0 radical (unpaired) electrons. The molecule has 0 bridgehead atoms. The van der Waals surface area contributed by atoms with E-state index in [0.717, 1.165) is 5.56 Å². The van der Waals surface area contributed by atoms with Gasteiger partial charge in [0, 0.05) is 18.2 Å². The van der Waals surface area contributed by atoms with Gasteiger partial charge in [-0.15, -0.1) is 0 Å². The van der Waals surface area contributed by atoms with Crippen molar-refractivity contribution < 1.29 is 18.4 Å². The fourth-order valence-electron chi connectivity index (χ4n) is 2.38. The van der Waals surface area contributed by atoms with Crippen LogP contribution in [0.15, 0.2) is 53.1 Å². The summed E-state index contributed by atoms with van der Waals surface area (Å²) in [6.07, 6.45) is 0. The van der Waals surface area contributed by atoms with Crippen LogP contribution in [0.3, 0.4) is 0 Å².